The van der Waals surface area contributed by atoms with Crippen molar-refractivity contribution in [3.05, 3.63) is 44.2 Å². The zero-order chi connectivity index (χ0) is 19.3. The number of benzene rings is 1. The van der Waals surface area contributed by atoms with Crippen molar-refractivity contribution in [2.24, 2.45) is 0 Å². The molecule has 1 atom stereocenters. The molecule has 0 aliphatic heterocycles. The number of carbonyl (C=O) groups excluding carboxylic acids is 1. The normalized spacial score (nSPS) is 12.0. The molecule has 26 heavy (non-hydrogen) atoms. The molecule has 2 rings (SSSR count). The number of unbranched alkanes of at least 4 members (excludes halogenated alkanes) is 1. The van der Waals surface area contributed by atoms with Crippen LogP contribution in [0.4, 0.5) is 17.1 Å². The van der Waals surface area contributed by atoms with Crippen LogP contribution in [0, 0.1) is 6.92 Å². The third-order valence-corrected chi connectivity index (χ3v) is 4.20. The molecule has 1 amide bonds. The van der Waals surface area contributed by atoms with E-state index in [1.807, 2.05) is 6.92 Å². The largest absolute Gasteiger partial charge is 0.508 e. The van der Waals surface area contributed by atoms with Gasteiger partial charge in [0.25, 0.3) is 10.9 Å². The van der Waals surface area contributed by atoms with Crippen LogP contribution in [-0.4, -0.2) is 22.3 Å². The van der Waals surface area contributed by atoms with Gasteiger partial charge in [-0.1, -0.05) is 12.5 Å². The Hall–Kier alpha value is -2.87. The Labute approximate surface area is 150 Å². The van der Waals surface area contributed by atoms with E-state index in [1.165, 1.54) is 6.07 Å². The number of hydroxylamine groups is 1. The molecule has 2 aromatic carbocycles. The van der Waals surface area contributed by atoms with Crippen molar-refractivity contribution >= 4 is 23.0 Å². The van der Waals surface area contributed by atoms with Gasteiger partial charge in [0.2, 0.25) is 5.91 Å². The lowest BCUT2D eigenvalue weighted by Gasteiger charge is -2.19. The van der Waals surface area contributed by atoms with E-state index >= 15 is 0 Å². The minimum Gasteiger partial charge on any atom is -0.508 e. The highest BCUT2D eigenvalue weighted by atomic mass is 16.5. The van der Waals surface area contributed by atoms with Crippen molar-refractivity contribution in [2.75, 3.05) is 10.6 Å². The average molecular weight is 361 g/mol. The summed E-state index contributed by atoms with van der Waals surface area (Å²) in [4.78, 5) is 34.6. The number of hydrogen-bond acceptors (Lipinski definition) is 7. The SMILES string of the molecule is Cc1ccc(Nc2c(NC(C)CCCCC(=O)NO)c(=O)c2=O)cc1O. The lowest BCUT2D eigenvalue weighted by Crippen LogP contribution is -2.38. The Morgan fingerprint density at radius 2 is 1.85 bits per heavy atom. The minimum absolute atomic E-state index is 0.0672. The number of phenolic OH excluding ortho intramolecular Hbond substituents is 1. The van der Waals surface area contributed by atoms with Crippen molar-refractivity contribution in [3.8, 4) is 5.75 Å². The van der Waals surface area contributed by atoms with E-state index in [0.717, 1.165) is 6.42 Å². The molecule has 1 unspecified atom stereocenters. The second-order valence-electron chi connectivity index (χ2n) is 6.36. The van der Waals surface area contributed by atoms with Crippen molar-refractivity contribution in [2.45, 2.75) is 45.6 Å². The van der Waals surface area contributed by atoms with Crippen molar-refractivity contribution in [1.29, 1.82) is 0 Å². The Morgan fingerprint density at radius 3 is 2.50 bits per heavy atom. The minimum atomic E-state index is -0.598. The molecule has 140 valence electrons. The summed E-state index contributed by atoms with van der Waals surface area (Å²) in [5.74, 6) is -0.329. The lowest BCUT2D eigenvalue weighted by atomic mass is 10.1. The van der Waals surface area contributed by atoms with E-state index in [4.69, 9.17) is 5.21 Å². The van der Waals surface area contributed by atoms with Gasteiger partial charge in [0.15, 0.2) is 0 Å². The number of amides is 1. The van der Waals surface area contributed by atoms with Gasteiger partial charge in [0.05, 0.1) is 0 Å². The van der Waals surface area contributed by atoms with Gasteiger partial charge in [-0.2, -0.15) is 0 Å². The Kier molecular flexibility index (Phi) is 6.35. The summed E-state index contributed by atoms with van der Waals surface area (Å²) in [5.41, 5.74) is 2.06. The number of rotatable bonds is 9. The van der Waals surface area contributed by atoms with Gasteiger partial charge >= 0.3 is 0 Å². The average Bonchev–Trinajstić information content (AvgIpc) is 2.63. The maximum Gasteiger partial charge on any atom is 0.253 e. The fraction of sp³-hybridized carbons (Fsp3) is 0.389. The standard InChI is InChI=1S/C18H23N3O5/c1-10-7-8-12(9-13(10)22)20-16-15(17(24)18(16)25)19-11(2)5-3-4-6-14(23)21-26/h7-9,11,19-20,22,26H,3-6H2,1-2H3,(H,21,23). The van der Waals surface area contributed by atoms with Gasteiger partial charge in [-0.3, -0.25) is 19.6 Å². The molecule has 8 heteroatoms. The summed E-state index contributed by atoms with van der Waals surface area (Å²) in [7, 11) is 0. The van der Waals surface area contributed by atoms with E-state index in [1.54, 1.807) is 24.5 Å². The first-order chi connectivity index (χ1) is 12.3. The van der Waals surface area contributed by atoms with Gasteiger partial charge in [-0.25, -0.2) is 5.48 Å². The number of anilines is 3. The van der Waals surface area contributed by atoms with E-state index in [2.05, 4.69) is 10.6 Å². The van der Waals surface area contributed by atoms with Crippen LogP contribution in [0.5, 0.6) is 5.75 Å². The Balaban J connectivity index is 1.95. The monoisotopic (exact) mass is 361 g/mol. The van der Waals surface area contributed by atoms with Gasteiger partial charge in [-0.15, -0.1) is 0 Å². The molecule has 0 heterocycles. The summed E-state index contributed by atoms with van der Waals surface area (Å²) in [5, 5.41) is 24.1. The molecule has 0 aromatic heterocycles. The summed E-state index contributed by atoms with van der Waals surface area (Å²) in [6.07, 6.45) is 2.26. The Bertz CT molecular complexity index is 855. The summed E-state index contributed by atoms with van der Waals surface area (Å²) in [6, 6.07) is 4.85. The third-order valence-electron chi connectivity index (χ3n) is 4.20. The molecule has 5 N–H and O–H groups in total. The number of aromatic hydroxyl groups is 1. The van der Waals surface area contributed by atoms with Crippen LogP contribution >= 0.6 is 0 Å². The van der Waals surface area contributed by atoms with Crippen molar-refractivity contribution in [1.82, 2.24) is 5.48 Å². The third kappa shape index (κ3) is 4.60. The highest BCUT2D eigenvalue weighted by Crippen LogP contribution is 2.26. The molecule has 8 nitrogen and oxygen atoms in total. The predicted molar refractivity (Wildman–Crippen MR) is 99.0 cm³/mol. The second-order valence-corrected chi connectivity index (χ2v) is 6.36. The molecule has 0 aliphatic rings. The van der Waals surface area contributed by atoms with Crippen LogP contribution in [0.25, 0.3) is 0 Å². The van der Waals surface area contributed by atoms with Gasteiger partial charge in [0, 0.05) is 24.2 Å². The van der Waals surface area contributed by atoms with Gasteiger partial charge in [0.1, 0.15) is 17.1 Å². The molecule has 0 fully saturated rings. The summed E-state index contributed by atoms with van der Waals surface area (Å²) in [6.45, 7) is 3.64. The fourth-order valence-electron chi connectivity index (χ4n) is 2.59. The first-order valence-electron chi connectivity index (χ1n) is 8.43. The molecule has 0 spiro atoms. The maximum absolute atomic E-state index is 11.8. The number of nitrogens with one attached hydrogen (secondary N) is 3. The molecular formula is C18H23N3O5. The highest BCUT2D eigenvalue weighted by molar-refractivity contribution is 5.79. The summed E-state index contributed by atoms with van der Waals surface area (Å²) < 4.78 is 0. The molecule has 2 aromatic rings. The lowest BCUT2D eigenvalue weighted by molar-refractivity contribution is -0.129. The number of phenols is 1. The number of carbonyl (C=O) groups is 1. The van der Waals surface area contributed by atoms with Crippen LogP contribution in [0.3, 0.4) is 0 Å². The fourth-order valence-corrected chi connectivity index (χ4v) is 2.59. The zero-order valence-corrected chi connectivity index (χ0v) is 14.8. The summed E-state index contributed by atoms with van der Waals surface area (Å²) >= 11 is 0. The van der Waals surface area contributed by atoms with Crippen LogP contribution in [0.2, 0.25) is 0 Å². The van der Waals surface area contributed by atoms with Gasteiger partial charge < -0.3 is 15.7 Å². The molecule has 0 radical (unpaired) electrons. The molecular weight excluding hydrogens is 338 g/mol. The molecule has 0 bridgehead atoms. The van der Waals surface area contributed by atoms with Crippen LogP contribution in [-0.2, 0) is 4.79 Å². The number of hydrogen-bond donors (Lipinski definition) is 5. The van der Waals surface area contributed by atoms with E-state index in [-0.39, 0.29) is 29.6 Å². The predicted octanol–water partition coefficient (Wildman–Crippen LogP) is 1.91. The topological polar surface area (TPSA) is 128 Å². The highest BCUT2D eigenvalue weighted by Gasteiger charge is 2.22. The van der Waals surface area contributed by atoms with Crippen LogP contribution in [0.1, 0.15) is 38.2 Å². The van der Waals surface area contributed by atoms with Crippen LogP contribution < -0.4 is 27.0 Å². The first-order valence-corrected chi connectivity index (χ1v) is 8.43. The second kappa shape index (κ2) is 8.48. The maximum atomic E-state index is 11.8. The first kappa shape index (κ1) is 19.5. The van der Waals surface area contributed by atoms with Gasteiger partial charge in [-0.05, 0) is 38.3 Å². The van der Waals surface area contributed by atoms with Crippen molar-refractivity contribution in [3.63, 3.8) is 0 Å². The Morgan fingerprint density at radius 1 is 1.15 bits per heavy atom. The number of aryl methyl sites for hydroxylation is 1. The van der Waals surface area contributed by atoms with E-state index in [9.17, 15) is 19.5 Å². The smallest absolute Gasteiger partial charge is 0.253 e. The van der Waals surface area contributed by atoms with E-state index < -0.39 is 16.8 Å². The van der Waals surface area contributed by atoms with Crippen molar-refractivity contribution < 1.29 is 15.1 Å². The van der Waals surface area contributed by atoms with Crippen LogP contribution in [0.15, 0.2) is 27.8 Å². The quantitative estimate of drug-likeness (QED) is 0.200. The molecule has 0 aliphatic carbocycles. The molecule has 0 saturated carbocycles. The zero-order valence-electron chi connectivity index (χ0n) is 14.8. The molecule has 0 saturated heterocycles. The van der Waals surface area contributed by atoms with E-state index in [0.29, 0.717) is 24.1 Å².